The number of hydrogen-bond donors (Lipinski definition) is 1. The zero-order valence-corrected chi connectivity index (χ0v) is 13.7. The first-order valence-corrected chi connectivity index (χ1v) is 8.89. The summed E-state index contributed by atoms with van der Waals surface area (Å²) in [6.07, 6.45) is 4.05. The van der Waals surface area contributed by atoms with Crippen LogP contribution in [0.25, 0.3) is 0 Å². The molecule has 1 aromatic carbocycles. The Morgan fingerprint density at radius 2 is 2.00 bits per heavy atom. The molecule has 0 radical (unpaired) electrons. The van der Waals surface area contributed by atoms with Crippen molar-refractivity contribution < 1.29 is 4.74 Å². The van der Waals surface area contributed by atoms with Gasteiger partial charge in [0.05, 0.1) is 6.61 Å². The molecule has 3 unspecified atom stereocenters. The highest BCUT2D eigenvalue weighted by Gasteiger charge is 2.28. The number of rotatable bonds is 7. The summed E-state index contributed by atoms with van der Waals surface area (Å²) >= 11 is 2.11. The molecule has 1 aliphatic carbocycles. The minimum atomic E-state index is 0.411. The molecule has 2 rings (SSSR count). The molecule has 3 heteroatoms. The molecule has 0 amide bonds. The molecule has 1 fully saturated rings. The largest absolute Gasteiger partial charge is 0.494 e. The van der Waals surface area contributed by atoms with Gasteiger partial charge in [-0.2, -0.15) is 11.8 Å². The van der Waals surface area contributed by atoms with Crippen molar-refractivity contribution in [3.05, 3.63) is 29.8 Å². The van der Waals surface area contributed by atoms with E-state index in [0.717, 1.165) is 17.6 Å². The highest BCUT2D eigenvalue weighted by atomic mass is 32.2. The lowest BCUT2D eigenvalue weighted by Gasteiger charge is -2.25. The fourth-order valence-corrected chi connectivity index (χ4v) is 4.18. The maximum Gasteiger partial charge on any atom is 0.119 e. The summed E-state index contributed by atoms with van der Waals surface area (Å²) in [5.74, 6) is 2.18. The molecular weight excluding hydrogens is 266 g/mol. The monoisotopic (exact) mass is 293 g/mol. The van der Waals surface area contributed by atoms with Crippen molar-refractivity contribution >= 4 is 11.8 Å². The molecule has 20 heavy (non-hydrogen) atoms. The zero-order chi connectivity index (χ0) is 14.4. The van der Waals surface area contributed by atoms with E-state index in [9.17, 15) is 0 Å². The summed E-state index contributed by atoms with van der Waals surface area (Å²) in [4.78, 5) is 0. The molecule has 112 valence electrons. The normalized spacial score (nSPS) is 23.8. The summed E-state index contributed by atoms with van der Waals surface area (Å²) in [5.41, 5.74) is 1.35. The molecule has 0 aromatic heterocycles. The van der Waals surface area contributed by atoms with Crippen LogP contribution in [-0.2, 0) is 0 Å². The minimum absolute atomic E-state index is 0.411. The van der Waals surface area contributed by atoms with Crippen LogP contribution >= 0.6 is 11.8 Å². The van der Waals surface area contributed by atoms with Crippen LogP contribution in [-0.4, -0.2) is 23.7 Å². The predicted octanol–water partition coefficient (Wildman–Crippen LogP) is 4.41. The van der Waals surface area contributed by atoms with Crippen LogP contribution in [0.5, 0.6) is 5.75 Å². The molecule has 1 N–H and O–H groups in total. The lowest BCUT2D eigenvalue weighted by atomic mass is 10.1. The molecule has 2 nitrogen and oxygen atoms in total. The van der Waals surface area contributed by atoms with Crippen LogP contribution < -0.4 is 10.1 Å². The van der Waals surface area contributed by atoms with Crippen LogP contribution in [0, 0.1) is 0 Å². The van der Waals surface area contributed by atoms with Gasteiger partial charge >= 0.3 is 0 Å². The van der Waals surface area contributed by atoms with Gasteiger partial charge in [-0.25, -0.2) is 0 Å². The Bertz CT molecular complexity index is 392. The molecule has 3 atom stereocenters. The number of ether oxygens (including phenoxy) is 1. The molecule has 0 saturated heterocycles. The van der Waals surface area contributed by atoms with Crippen LogP contribution in [0.4, 0.5) is 0 Å². The van der Waals surface area contributed by atoms with Gasteiger partial charge in [-0.3, -0.25) is 0 Å². The van der Waals surface area contributed by atoms with Gasteiger partial charge in [0.15, 0.2) is 0 Å². The number of benzene rings is 1. The third-order valence-corrected chi connectivity index (χ3v) is 5.31. The van der Waals surface area contributed by atoms with Crippen LogP contribution in [0.3, 0.4) is 0 Å². The smallest absolute Gasteiger partial charge is 0.119 e. The van der Waals surface area contributed by atoms with E-state index >= 15 is 0 Å². The van der Waals surface area contributed by atoms with E-state index in [1.165, 1.54) is 30.6 Å². The zero-order valence-electron chi connectivity index (χ0n) is 12.9. The third-order valence-electron chi connectivity index (χ3n) is 3.99. The van der Waals surface area contributed by atoms with Gasteiger partial charge in [0, 0.05) is 17.3 Å². The summed E-state index contributed by atoms with van der Waals surface area (Å²) in [7, 11) is 0. The Morgan fingerprint density at radius 1 is 1.25 bits per heavy atom. The van der Waals surface area contributed by atoms with Gasteiger partial charge < -0.3 is 10.1 Å². The fraction of sp³-hybridized carbons (Fsp3) is 0.647. The molecule has 1 aliphatic rings. The summed E-state index contributed by atoms with van der Waals surface area (Å²) in [6, 6.07) is 9.59. The van der Waals surface area contributed by atoms with Gasteiger partial charge in [-0.1, -0.05) is 25.5 Å². The third kappa shape index (κ3) is 4.16. The predicted molar refractivity (Wildman–Crippen MR) is 88.7 cm³/mol. The molecule has 0 spiro atoms. The van der Waals surface area contributed by atoms with Gasteiger partial charge in [0.1, 0.15) is 5.75 Å². The number of nitrogens with one attached hydrogen (secondary N) is 1. The molecular formula is C17H27NOS. The second-order valence-corrected chi connectivity index (χ2v) is 6.94. The van der Waals surface area contributed by atoms with Crippen molar-refractivity contribution in [2.24, 2.45) is 0 Å². The van der Waals surface area contributed by atoms with E-state index in [1.807, 2.05) is 6.92 Å². The first-order chi connectivity index (χ1) is 9.74. The number of hydrogen-bond acceptors (Lipinski definition) is 3. The van der Waals surface area contributed by atoms with E-state index < -0.39 is 0 Å². The Hall–Kier alpha value is -0.670. The van der Waals surface area contributed by atoms with E-state index in [2.05, 4.69) is 55.2 Å². The van der Waals surface area contributed by atoms with Gasteiger partial charge in [0.25, 0.3) is 0 Å². The number of thioether (sulfide) groups is 1. The standard InChI is InChI=1S/C17H27NOS/c1-4-19-15-11-9-14(10-12-15)13(3)18-16-7-6-8-17(16)20-5-2/h9-13,16-18H,4-8H2,1-3H3. The average Bonchev–Trinajstić information content (AvgIpc) is 2.88. The van der Waals surface area contributed by atoms with Gasteiger partial charge in [-0.05, 0) is 50.1 Å². The van der Waals surface area contributed by atoms with Crippen molar-refractivity contribution in [2.75, 3.05) is 12.4 Å². The lowest BCUT2D eigenvalue weighted by molar-refractivity contribution is 0.340. The maximum absolute atomic E-state index is 5.50. The molecule has 1 aromatic rings. The van der Waals surface area contributed by atoms with Crippen molar-refractivity contribution in [2.45, 2.75) is 57.4 Å². The Labute approximate surface area is 127 Å². The summed E-state index contributed by atoms with van der Waals surface area (Å²) < 4.78 is 5.50. The van der Waals surface area contributed by atoms with E-state index in [4.69, 9.17) is 4.74 Å². The van der Waals surface area contributed by atoms with Gasteiger partial charge in [-0.15, -0.1) is 0 Å². The van der Waals surface area contributed by atoms with Crippen molar-refractivity contribution in [3.8, 4) is 5.75 Å². The minimum Gasteiger partial charge on any atom is -0.494 e. The van der Waals surface area contributed by atoms with Crippen molar-refractivity contribution in [1.82, 2.24) is 5.32 Å². The Balaban J connectivity index is 1.91. The molecule has 0 bridgehead atoms. The summed E-state index contributed by atoms with van der Waals surface area (Å²) in [5, 5.41) is 4.62. The second kappa shape index (κ2) is 7.94. The molecule has 1 saturated carbocycles. The highest BCUT2D eigenvalue weighted by Crippen LogP contribution is 2.31. The molecule has 0 heterocycles. The van der Waals surface area contributed by atoms with Crippen LogP contribution in [0.15, 0.2) is 24.3 Å². The van der Waals surface area contributed by atoms with E-state index in [0.29, 0.717) is 12.1 Å². The lowest BCUT2D eigenvalue weighted by Crippen LogP contribution is -2.36. The first kappa shape index (κ1) is 15.7. The van der Waals surface area contributed by atoms with E-state index in [1.54, 1.807) is 0 Å². The quantitative estimate of drug-likeness (QED) is 0.804. The summed E-state index contributed by atoms with van der Waals surface area (Å²) in [6.45, 7) is 7.27. The second-order valence-electron chi connectivity index (χ2n) is 5.42. The fourth-order valence-electron chi connectivity index (χ4n) is 2.97. The van der Waals surface area contributed by atoms with Crippen LogP contribution in [0.1, 0.15) is 51.6 Å². The SMILES string of the molecule is CCOc1ccc(C(C)NC2CCCC2SCC)cc1. The maximum atomic E-state index is 5.50. The average molecular weight is 293 g/mol. The van der Waals surface area contributed by atoms with Crippen molar-refractivity contribution in [1.29, 1.82) is 0 Å². The van der Waals surface area contributed by atoms with Crippen molar-refractivity contribution in [3.63, 3.8) is 0 Å². The van der Waals surface area contributed by atoms with Crippen LogP contribution in [0.2, 0.25) is 0 Å². The molecule has 0 aliphatic heterocycles. The highest BCUT2D eigenvalue weighted by molar-refractivity contribution is 7.99. The topological polar surface area (TPSA) is 21.3 Å². The van der Waals surface area contributed by atoms with E-state index in [-0.39, 0.29) is 0 Å². The first-order valence-electron chi connectivity index (χ1n) is 7.85. The van der Waals surface area contributed by atoms with Gasteiger partial charge in [0.2, 0.25) is 0 Å². The Kier molecular flexibility index (Phi) is 6.24. The Morgan fingerprint density at radius 3 is 2.65 bits per heavy atom.